The maximum Gasteiger partial charge on any atom is 0.252 e. The molecule has 0 fully saturated rings. The van der Waals surface area contributed by atoms with E-state index in [0.717, 1.165) is 11.1 Å². The molecule has 110 valence electrons. The molecular formula is C17H17BrClNO. The predicted molar refractivity (Wildman–Crippen MR) is 91.2 cm³/mol. The van der Waals surface area contributed by atoms with E-state index in [-0.39, 0.29) is 5.91 Å². The van der Waals surface area contributed by atoms with Crippen molar-refractivity contribution >= 4 is 33.4 Å². The number of aryl methyl sites for hydroxylation is 1. The molecule has 0 heterocycles. The number of halogens is 2. The lowest BCUT2D eigenvalue weighted by Gasteiger charge is -2.29. The van der Waals surface area contributed by atoms with Gasteiger partial charge in [0.05, 0.1) is 5.54 Å². The van der Waals surface area contributed by atoms with Crippen LogP contribution in [0.5, 0.6) is 0 Å². The van der Waals surface area contributed by atoms with Gasteiger partial charge in [0.15, 0.2) is 0 Å². The van der Waals surface area contributed by atoms with E-state index in [1.165, 1.54) is 0 Å². The Bertz CT molecular complexity index is 644. The number of carbonyl (C=O) groups is 1. The number of rotatable bonds is 4. The van der Waals surface area contributed by atoms with Crippen LogP contribution in [-0.4, -0.2) is 11.2 Å². The minimum atomic E-state index is -0.468. The van der Waals surface area contributed by atoms with Crippen LogP contribution in [0.4, 0.5) is 0 Å². The molecule has 0 radical (unpaired) electrons. The molecule has 4 heteroatoms. The zero-order valence-corrected chi connectivity index (χ0v) is 14.3. The average Bonchev–Trinajstić information content (AvgIpc) is 2.47. The van der Waals surface area contributed by atoms with Gasteiger partial charge < -0.3 is 5.32 Å². The molecule has 2 nitrogen and oxygen atoms in total. The fraction of sp³-hybridized carbons (Fsp3) is 0.235. The first-order chi connectivity index (χ1) is 9.96. The topological polar surface area (TPSA) is 29.1 Å². The van der Waals surface area contributed by atoms with Crippen molar-refractivity contribution in [3.8, 4) is 0 Å². The molecule has 2 aromatic carbocycles. The summed E-state index contributed by atoms with van der Waals surface area (Å²) in [5.41, 5.74) is 2.10. The van der Waals surface area contributed by atoms with E-state index in [0.29, 0.717) is 15.9 Å². The van der Waals surface area contributed by atoms with Crippen LogP contribution >= 0.6 is 27.5 Å². The molecule has 0 aliphatic carbocycles. The van der Waals surface area contributed by atoms with Crippen LogP contribution in [-0.2, 0) is 5.54 Å². The van der Waals surface area contributed by atoms with Gasteiger partial charge in [0.25, 0.3) is 5.91 Å². The molecule has 0 saturated heterocycles. The Kier molecular flexibility index (Phi) is 5.07. The van der Waals surface area contributed by atoms with Crippen LogP contribution in [0.3, 0.4) is 0 Å². The third-order valence-electron chi connectivity index (χ3n) is 3.50. The van der Waals surface area contributed by atoms with Gasteiger partial charge in [-0.2, -0.15) is 0 Å². The van der Waals surface area contributed by atoms with Crippen LogP contribution in [0.15, 0.2) is 48.5 Å². The quantitative estimate of drug-likeness (QED) is 0.782. The molecule has 0 bridgehead atoms. The monoisotopic (exact) mass is 365 g/mol. The second-order valence-corrected chi connectivity index (χ2v) is 6.24. The van der Waals surface area contributed by atoms with Gasteiger partial charge in [0.2, 0.25) is 0 Å². The second-order valence-electron chi connectivity index (χ2n) is 5.25. The van der Waals surface area contributed by atoms with Gasteiger partial charge in [0.1, 0.15) is 0 Å². The number of carbonyl (C=O) groups excluding carboxylic acids is 1. The molecule has 0 saturated carbocycles. The van der Waals surface area contributed by atoms with Gasteiger partial charge in [-0.15, -0.1) is 0 Å². The molecule has 21 heavy (non-hydrogen) atoms. The maximum absolute atomic E-state index is 12.5. The van der Waals surface area contributed by atoms with Gasteiger partial charge in [-0.3, -0.25) is 4.79 Å². The van der Waals surface area contributed by atoms with Crippen molar-refractivity contribution in [3.05, 3.63) is 70.2 Å². The first-order valence-corrected chi connectivity index (χ1v) is 8.16. The standard InChI is InChI=1S/C17H17BrClNO/c1-12-10-14(19)8-9-15(12)16(21)20-17(2,11-18)13-6-4-3-5-7-13/h3-10H,11H2,1-2H3,(H,20,21). The number of amides is 1. The highest BCUT2D eigenvalue weighted by molar-refractivity contribution is 9.09. The fourth-order valence-electron chi connectivity index (χ4n) is 2.19. The van der Waals surface area contributed by atoms with Crippen molar-refractivity contribution in [1.29, 1.82) is 0 Å². The second kappa shape index (κ2) is 6.63. The first kappa shape index (κ1) is 16.1. The van der Waals surface area contributed by atoms with Crippen molar-refractivity contribution in [1.82, 2.24) is 5.32 Å². The maximum atomic E-state index is 12.5. The summed E-state index contributed by atoms with van der Waals surface area (Å²) >= 11 is 9.44. The molecule has 2 aromatic rings. The number of benzene rings is 2. The zero-order chi connectivity index (χ0) is 15.5. The van der Waals surface area contributed by atoms with E-state index >= 15 is 0 Å². The summed E-state index contributed by atoms with van der Waals surface area (Å²) in [6.07, 6.45) is 0. The van der Waals surface area contributed by atoms with Gasteiger partial charge in [-0.25, -0.2) is 0 Å². The molecule has 0 spiro atoms. The molecule has 0 aliphatic rings. The van der Waals surface area contributed by atoms with Crippen LogP contribution in [0.1, 0.15) is 28.4 Å². The molecule has 0 aliphatic heterocycles. The third-order valence-corrected chi connectivity index (χ3v) is 4.86. The molecule has 1 N–H and O–H groups in total. The van der Waals surface area contributed by atoms with Crippen molar-refractivity contribution in [2.45, 2.75) is 19.4 Å². The molecular weight excluding hydrogens is 350 g/mol. The predicted octanol–water partition coefficient (Wildman–Crippen LogP) is 4.69. The van der Waals surface area contributed by atoms with Gasteiger partial charge in [-0.1, -0.05) is 57.9 Å². The van der Waals surface area contributed by atoms with Crippen molar-refractivity contribution in [2.24, 2.45) is 0 Å². The van der Waals surface area contributed by atoms with E-state index in [1.54, 1.807) is 18.2 Å². The molecule has 1 unspecified atom stereocenters. The minimum absolute atomic E-state index is 0.102. The van der Waals surface area contributed by atoms with Gasteiger partial charge in [0, 0.05) is 15.9 Å². The van der Waals surface area contributed by atoms with Crippen LogP contribution in [0.2, 0.25) is 5.02 Å². The Hall–Kier alpha value is -1.32. The molecule has 0 aromatic heterocycles. The molecule has 2 rings (SSSR count). The van der Waals surface area contributed by atoms with Gasteiger partial charge in [-0.05, 0) is 43.2 Å². The summed E-state index contributed by atoms with van der Waals surface area (Å²) in [4.78, 5) is 12.5. The molecule has 1 amide bonds. The zero-order valence-electron chi connectivity index (χ0n) is 12.0. The fourth-order valence-corrected chi connectivity index (χ4v) is 2.88. The van der Waals surface area contributed by atoms with E-state index in [2.05, 4.69) is 21.2 Å². The first-order valence-electron chi connectivity index (χ1n) is 6.66. The van der Waals surface area contributed by atoms with E-state index < -0.39 is 5.54 Å². The van der Waals surface area contributed by atoms with E-state index in [1.807, 2.05) is 44.2 Å². The summed E-state index contributed by atoms with van der Waals surface area (Å²) in [6.45, 7) is 3.88. The van der Waals surface area contributed by atoms with Crippen molar-refractivity contribution < 1.29 is 4.79 Å². The van der Waals surface area contributed by atoms with Crippen molar-refractivity contribution in [3.63, 3.8) is 0 Å². The average molecular weight is 367 g/mol. The largest absolute Gasteiger partial charge is 0.342 e. The summed E-state index contributed by atoms with van der Waals surface area (Å²) < 4.78 is 0. The Morgan fingerprint density at radius 3 is 2.48 bits per heavy atom. The number of nitrogens with one attached hydrogen (secondary N) is 1. The highest BCUT2D eigenvalue weighted by Gasteiger charge is 2.28. The van der Waals surface area contributed by atoms with Crippen LogP contribution in [0, 0.1) is 6.92 Å². The van der Waals surface area contributed by atoms with E-state index in [4.69, 9.17) is 11.6 Å². The summed E-state index contributed by atoms with van der Waals surface area (Å²) in [5, 5.41) is 4.37. The van der Waals surface area contributed by atoms with E-state index in [9.17, 15) is 4.79 Å². The highest BCUT2D eigenvalue weighted by atomic mass is 79.9. The summed E-state index contributed by atoms with van der Waals surface area (Å²) in [6, 6.07) is 15.2. The minimum Gasteiger partial charge on any atom is -0.342 e. The van der Waals surface area contributed by atoms with Gasteiger partial charge >= 0.3 is 0 Å². The Morgan fingerprint density at radius 2 is 1.90 bits per heavy atom. The lowest BCUT2D eigenvalue weighted by Crippen LogP contribution is -2.45. The smallest absolute Gasteiger partial charge is 0.252 e. The number of alkyl halides is 1. The Labute approximate surface area is 138 Å². The number of hydrogen-bond donors (Lipinski definition) is 1. The van der Waals surface area contributed by atoms with Crippen LogP contribution in [0.25, 0.3) is 0 Å². The lowest BCUT2D eigenvalue weighted by atomic mass is 9.93. The van der Waals surface area contributed by atoms with Crippen molar-refractivity contribution in [2.75, 3.05) is 5.33 Å². The molecule has 1 atom stereocenters. The summed E-state index contributed by atoms with van der Waals surface area (Å²) in [7, 11) is 0. The van der Waals surface area contributed by atoms with Crippen LogP contribution < -0.4 is 5.32 Å². The number of hydrogen-bond acceptors (Lipinski definition) is 1. The normalized spacial score (nSPS) is 13.5. The SMILES string of the molecule is Cc1cc(Cl)ccc1C(=O)NC(C)(CBr)c1ccccc1. The lowest BCUT2D eigenvalue weighted by molar-refractivity contribution is 0.0913. The summed E-state index contributed by atoms with van der Waals surface area (Å²) in [5.74, 6) is -0.102. The third kappa shape index (κ3) is 3.66. The Balaban J connectivity index is 2.28. The highest BCUT2D eigenvalue weighted by Crippen LogP contribution is 2.24. The Morgan fingerprint density at radius 1 is 1.24 bits per heavy atom.